The van der Waals surface area contributed by atoms with Crippen molar-refractivity contribution in [1.29, 1.82) is 0 Å². The first-order valence-corrected chi connectivity index (χ1v) is 7.42. The predicted molar refractivity (Wildman–Crippen MR) is 51.0 cm³/mol. The third kappa shape index (κ3) is 3.57. The van der Waals surface area contributed by atoms with Gasteiger partial charge in [0.1, 0.15) is 5.76 Å². The van der Waals surface area contributed by atoms with E-state index >= 15 is 0 Å². The zero-order valence-corrected chi connectivity index (χ0v) is 9.05. The van der Waals surface area contributed by atoms with Crippen LogP contribution in [0.25, 0.3) is 0 Å². The van der Waals surface area contributed by atoms with E-state index in [0.29, 0.717) is 5.76 Å². The van der Waals surface area contributed by atoms with Crippen molar-refractivity contribution in [3.63, 3.8) is 0 Å². The van der Waals surface area contributed by atoms with Crippen LogP contribution in [0, 0.1) is 0 Å². The molecule has 0 aromatic rings. The summed E-state index contributed by atoms with van der Waals surface area (Å²) in [4.78, 5) is 10.2. The molecule has 1 unspecified atom stereocenters. The minimum atomic E-state index is -1.38. The van der Waals surface area contributed by atoms with E-state index in [2.05, 4.69) is 31.0 Å². The minimum absolute atomic E-state index is 0.161. The second-order valence-corrected chi connectivity index (χ2v) is 9.52. The fourth-order valence-corrected chi connectivity index (χ4v) is 1.71. The molecule has 0 saturated heterocycles. The van der Waals surface area contributed by atoms with Crippen molar-refractivity contribution in [1.82, 2.24) is 0 Å². The number of hydrogen-bond acceptors (Lipinski definition) is 2. The van der Waals surface area contributed by atoms with Gasteiger partial charge >= 0.3 is 6.16 Å². The van der Waals surface area contributed by atoms with Crippen LogP contribution in [0.2, 0.25) is 25.2 Å². The summed E-state index contributed by atoms with van der Waals surface area (Å²) in [5.74, 6) is 0.363. The molecule has 0 rings (SSSR count). The summed E-state index contributed by atoms with van der Waals surface area (Å²) in [6, 6.07) is 0. The Morgan fingerprint density at radius 1 is 1.50 bits per heavy atom. The Morgan fingerprint density at radius 3 is 2.17 bits per heavy atom. The van der Waals surface area contributed by atoms with Crippen LogP contribution in [0.4, 0.5) is 4.79 Å². The molecule has 4 heteroatoms. The van der Waals surface area contributed by atoms with Gasteiger partial charge in [-0.2, -0.15) is 0 Å². The minimum Gasteiger partial charge on any atom is -0.449 e. The van der Waals surface area contributed by atoms with Crippen molar-refractivity contribution in [3.05, 3.63) is 12.3 Å². The molecule has 0 aliphatic carbocycles. The van der Waals surface area contributed by atoms with Crippen molar-refractivity contribution < 1.29 is 14.6 Å². The number of rotatable bonds is 3. The smallest absolute Gasteiger partial charge is 0.449 e. The van der Waals surface area contributed by atoms with Crippen molar-refractivity contribution in [2.75, 3.05) is 0 Å². The molecule has 0 saturated carbocycles. The summed E-state index contributed by atoms with van der Waals surface area (Å²) < 4.78 is 4.50. The second-order valence-electron chi connectivity index (χ2n) is 3.92. The topological polar surface area (TPSA) is 46.5 Å². The van der Waals surface area contributed by atoms with Crippen LogP contribution < -0.4 is 0 Å². The molecule has 12 heavy (non-hydrogen) atoms. The van der Waals surface area contributed by atoms with Crippen LogP contribution in [-0.4, -0.2) is 19.3 Å². The van der Waals surface area contributed by atoms with Crippen LogP contribution in [0.3, 0.4) is 0 Å². The van der Waals surface area contributed by atoms with E-state index in [4.69, 9.17) is 5.11 Å². The molecule has 70 valence electrons. The lowest BCUT2D eigenvalue weighted by atomic mass is 10.4. The molecule has 0 aromatic heterocycles. The molecule has 0 aliphatic heterocycles. The standard InChI is InChI=1S/C8H16O3Si/c1-6(11-8(9)10)7(2)12(3,4)5/h7H,1H2,2-5H3,(H,9,10). The van der Waals surface area contributed by atoms with Crippen LogP contribution in [0.1, 0.15) is 6.92 Å². The number of carboxylic acid groups (broad SMARTS) is 1. The Hall–Kier alpha value is -0.773. The van der Waals surface area contributed by atoms with E-state index in [1.807, 2.05) is 6.92 Å². The molecule has 0 aromatic carbocycles. The molecule has 0 heterocycles. The highest BCUT2D eigenvalue weighted by atomic mass is 28.3. The maximum atomic E-state index is 10.2. The molecular formula is C8H16O3Si. The third-order valence-electron chi connectivity index (χ3n) is 2.00. The number of ether oxygens (including phenoxy) is 1. The van der Waals surface area contributed by atoms with Gasteiger partial charge in [0.05, 0.1) is 8.07 Å². The van der Waals surface area contributed by atoms with Gasteiger partial charge in [0, 0.05) is 5.54 Å². The Kier molecular flexibility index (Phi) is 3.51. The van der Waals surface area contributed by atoms with Crippen LogP contribution in [0.15, 0.2) is 12.3 Å². The van der Waals surface area contributed by atoms with Crippen LogP contribution in [0.5, 0.6) is 0 Å². The fourth-order valence-electron chi connectivity index (χ4n) is 0.683. The first-order valence-electron chi connectivity index (χ1n) is 3.84. The van der Waals surface area contributed by atoms with Crippen LogP contribution >= 0.6 is 0 Å². The van der Waals surface area contributed by atoms with E-state index in [1.54, 1.807) is 0 Å². The highest BCUT2D eigenvalue weighted by molar-refractivity contribution is 6.78. The first kappa shape index (κ1) is 11.2. The molecule has 0 radical (unpaired) electrons. The van der Waals surface area contributed by atoms with Gasteiger partial charge in [-0.3, -0.25) is 0 Å². The van der Waals surface area contributed by atoms with Gasteiger partial charge in [0.15, 0.2) is 0 Å². The Morgan fingerprint density at radius 2 is 1.92 bits per heavy atom. The predicted octanol–water partition coefficient (Wildman–Crippen LogP) is 2.92. The molecule has 0 fully saturated rings. The van der Waals surface area contributed by atoms with Gasteiger partial charge in [-0.25, -0.2) is 4.79 Å². The van der Waals surface area contributed by atoms with E-state index in [-0.39, 0.29) is 5.54 Å². The van der Waals surface area contributed by atoms with Crippen molar-refractivity contribution in [3.8, 4) is 0 Å². The highest BCUT2D eigenvalue weighted by Crippen LogP contribution is 2.28. The van der Waals surface area contributed by atoms with Crippen molar-refractivity contribution >= 4 is 14.2 Å². The Balaban J connectivity index is 4.21. The lowest BCUT2D eigenvalue weighted by Gasteiger charge is -2.25. The number of carbonyl (C=O) groups is 1. The van der Waals surface area contributed by atoms with E-state index < -0.39 is 14.2 Å². The third-order valence-corrected chi connectivity index (χ3v) is 4.92. The largest absolute Gasteiger partial charge is 0.510 e. The first-order chi connectivity index (χ1) is 5.25. The maximum Gasteiger partial charge on any atom is 0.510 e. The summed E-state index contributed by atoms with van der Waals surface area (Å²) in [7, 11) is -1.38. The van der Waals surface area contributed by atoms with E-state index in [0.717, 1.165) is 0 Å². The van der Waals surface area contributed by atoms with Crippen molar-refractivity contribution in [2.24, 2.45) is 0 Å². The molecule has 1 atom stereocenters. The van der Waals surface area contributed by atoms with E-state index in [9.17, 15) is 4.79 Å². The highest BCUT2D eigenvalue weighted by Gasteiger charge is 2.26. The molecule has 0 bridgehead atoms. The fraction of sp³-hybridized carbons (Fsp3) is 0.625. The summed E-state index contributed by atoms with van der Waals surface area (Å²) >= 11 is 0. The molecule has 1 N–H and O–H groups in total. The van der Waals surface area contributed by atoms with Gasteiger partial charge < -0.3 is 9.84 Å². The average molecular weight is 188 g/mol. The monoisotopic (exact) mass is 188 g/mol. The normalized spacial score (nSPS) is 13.7. The molecule has 0 amide bonds. The quantitative estimate of drug-likeness (QED) is 0.421. The molecule has 0 aliphatic rings. The number of hydrogen-bond donors (Lipinski definition) is 1. The van der Waals surface area contributed by atoms with Crippen molar-refractivity contribution in [2.45, 2.75) is 32.1 Å². The van der Waals surface area contributed by atoms with Crippen LogP contribution in [-0.2, 0) is 4.74 Å². The van der Waals surface area contributed by atoms with Gasteiger partial charge in [0.25, 0.3) is 0 Å². The maximum absolute atomic E-state index is 10.2. The summed E-state index contributed by atoms with van der Waals surface area (Å²) in [6.07, 6.45) is -1.27. The summed E-state index contributed by atoms with van der Waals surface area (Å²) in [5, 5.41) is 8.33. The lowest BCUT2D eigenvalue weighted by Crippen LogP contribution is -2.28. The molecule has 3 nitrogen and oxygen atoms in total. The summed E-state index contributed by atoms with van der Waals surface area (Å²) in [6.45, 7) is 12.0. The number of allylic oxidation sites excluding steroid dienone is 1. The molecular weight excluding hydrogens is 172 g/mol. The second kappa shape index (κ2) is 3.76. The van der Waals surface area contributed by atoms with E-state index in [1.165, 1.54) is 0 Å². The van der Waals surface area contributed by atoms with Gasteiger partial charge in [-0.15, -0.1) is 0 Å². The molecule has 0 spiro atoms. The average Bonchev–Trinajstić information content (AvgIpc) is 1.82. The Labute approximate surface area is 74.1 Å². The van der Waals surface area contributed by atoms with Gasteiger partial charge in [-0.05, 0) is 0 Å². The SMILES string of the molecule is C=C(OC(=O)O)C(C)[Si](C)(C)C. The zero-order valence-electron chi connectivity index (χ0n) is 8.05. The Bertz CT molecular complexity index is 193. The zero-order chi connectivity index (χ0) is 9.94. The van der Waals surface area contributed by atoms with Gasteiger partial charge in [-0.1, -0.05) is 33.1 Å². The summed E-state index contributed by atoms with van der Waals surface area (Å²) in [5.41, 5.74) is 0.161. The van der Waals surface area contributed by atoms with Gasteiger partial charge in [0.2, 0.25) is 0 Å². The lowest BCUT2D eigenvalue weighted by molar-refractivity contribution is 0.117.